The molecule has 0 unspecified atom stereocenters. The first-order chi connectivity index (χ1) is 12.5. The predicted octanol–water partition coefficient (Wildman–Crippen LogP) is 2.52. The normalized spacial score (nSPS) is 15.1. The third kappa shape index (κ3) is 3.89. The SMILES string of the molecule is CCC(CC)C(=O)N1CCN(C(=O)Cc2ccc3nc(C)[nH]c3c2)CC1. The summed E-state index contributed by atoms with van der Waals surface area (Å²) in [4.78, 5) is 36.5. The molecule has 3 rings (SSSR count). The third-order valence-electron chi connectivity index (χ3n) is 5.30. The van der Waals surface area contributed by atoms with Crippen LogP contribution in [0.1, 0.15) is 38.1 Å². The van der Waals surface area contributed by atoms with Crippen LogP contribution in [0.4, 0.5) is 0 Å². The van der Waals surface area contributed by atoms with E-state index in [1.54, 1.807) is 0 Å². The molecule has 1 fully saturated rings. The summed E-state index contributed by atoms with van der Waals surface area (Å²) in [5.74, 6) is 1.35. The van der Waals surface area contributed by atoms with Crippen LogP contribution >= 0.6 is 0 Å². The zero-order valence-electron chi connectivity index (χ0n) is 15.9. The van der Waals surface area contributed by atoms with E-state index in [1.807, 2.05) is 34.9 Å². The molecule has 2 aromatic rings. The van der Waals surface area contributed by atoms with Crippen molar-refractivity contribution >= 4 is 22.8 Å². The summed E-state index contributed by atoms with van der Waals surface area (Å²) in [6.45, 7) is 8.56. The van der Waals surface area contributed by atoms with Gasteiger partial charge in [-0.1, -0.05) is 19.9 Å². The molecule has 0 bridgehead atoms. The highest BCUT2D eigenvalue weighted by Crippen LogP contribution is 2.17. The third-order valence-corrected chi connectivity index (χ3v) is 5.30. The number of nitrogens with zero attached hydrogens (tertiary/aromatic N) is 3. The highest BCUT2D eigenvalue weighted by Gasteiger charge is 2.27. The Kier molecular flexibility index (Phi) is 5.59. The van der Waals surface area contributed by atoms with Crippen LogP contribution < -0.4 is 0 Å². The Morgan fingerprint density at radius 1 is 1.12 bits per heavy atom. The number of H-pyrrole nitrogens is 1. The van der Waals surface area contributed by atoms with E-state index in [2.05, 4.69) is 23.8 Å². The number of hydrogen-bond donors (Lipinski definition) is 1. The first kappa shape index (κ1) is 18.4. The molecule has 2 heterocycles. The molecule has 6 nitrogen and oxygen atoms in total. The summed E-state index contributed by atoms with van der Waals surface area (Å²) in [7, 11) is 0. The van der Waals surface area contributed by atoms with Crippen LogP contribution in [0.25, 0.3) is 11.0 Å². The molecule has 1 aliphatic rings. The van der Waals surface area contributed by atoms with Crippen molar-refractivity contribution in [3.63, 3.8) is 0 Å². The minimum Gasteiger partial charge on any atom is -0.342 e. The van der Waals surface area contributed by atoms with Crippen molar-refractivity contribution in [3.8, 4) is 0 Å². The van der Waals surface area contributed by atoms with Gasteiger partial charge in [0.25, 0.3) is 0 Å². The monoisotopic (exact) mass is 356 g/mol. The van der Waals surface area contributed by atoms with E-state index in [4.69, 9.17) is 0 Å². The molecule has 1 aromatic carbocycles. The number of carbonyl (C=O) groups is 2. The van der Waals surface area contributed by atoms with Crippen LogP contribution in [0, 0.1) is 12.8 Å². The van der Waals surface area contributed by atoms with Gasteiger partial charge in [-0.05, 0) is 37.5 Å². The van der Waals surface area contributed by atoms with Crippen molar-refractivity contribution in [3.05, 3.63) is 29.6 Å². The van der Waals surface area contributed by atoms with Gasteiger partial charge < -0.3 is 14.8 Å². The molecule has 140 valence electrons. The fraction of sp³-hybridized carbons (Fsp3) is 0.550. The maximum Gasteiger partial charge on any atom is 0.227 e. The maximum atomic E-state index is 12.6. The van der Waals surface area contributed by atoms with E-state index in [-0.39, 0.29) is 17.7 Å². The lowest BCUT2D eigenvalue weighted by molar-refractivity contribution is -0.142. The molecule has 0 atom stereocenters. The number of hydrogen-bond acceptors (Lipinski definition) is 3. The average Bonchev–Trinajstić information content (AvgIpc) is 3.02. The Labute approximate surface area is 154 Å². The Morgan fingerprint density at radius 3 is 2.42 bits per heavy atom. The van der Waals surface area contributed by atoms with Gasteiger partial charge in [-0.2, -0.15) is 0 Å². The van der Waals surface area contributed by atoms with Crippen LogP contribution in [-0.2, 0) is 16.0 Å². The fourth-order valence-electron chi connectivity index (χ4n) is 3.65. The van der Waals surface area contributed by atoms with Gasteiger partial charge in [-0.3, -0.25) is 9.59 Å². The second kappa shape index (κ2) is 7.89. The lowest BCUT2D eigenvalue weighted by atomic mass is 10.0. The number of aromatic nitrogens is 2. The summed E-state index contributed by atoms with van der Waals surface area (Å²) >= 11 is 0. The van der Waals surface area contributed by atoms with Crippen molar-refractivity contribution in [1.82, 2.24) is 19.8 Å². The smallest absolute Gasteiger partial charge is 0.227 e. The molecular weight excluding hydrogens is 328 g/mol. The summed E-state index contributed by atoms with van der Waals surface area (Å²) in [5, 5.41) is 0. The second-order valence-electron chi connectivity index (χ2n) is 7.07. The molecule has 0 aliphatic carbocycles. The number of aromatic amines is 1. The molecule has 0 spiro atoms. The lowest BCUT2D eigenvalue weighted by Crippen LogP contribution is -2.52. The summed E-state index contributed by atoms with van der Waals surface area (Å²) < 4.78 is 0. The van der Waals surface area contributed by atoms with E-state index >= 15 is 0 Å². The number of imidazole rings is 1. The summed E-state index contributed by atoms with van der Waals surface area (Å²) in [6.07, 6.45) is 2.14. The molecular formula is C20H28N4O2. The number of rotatable bonds is 5. The maximum absolute atomic E-state index is 12.6. The quantitative estimate of drug-likeness (QED) is 0.895. The molecule has 0 saturated carbocycles. The molecule has 1 saturated heterocycles. The number of benzene rings is 1. The summed E-state index contributed by atoms with van der Waals surface area (Å²) in [5.41, 5.74) is 2.88. The van der Waals surface area contributed by atoms with Gasteiger partial charge in [0.2, 0.25) is 11.8 Å². The van der Waals surface area contributed by atoms with E-state index in [0.29, 0.717) is 32.6 Å². The minimum absolute atomic E-state index is 0.113. The van der Waals surface area contributed by atoms with Crippen molar-refractivity contribution in [2.24, 2.45) is 5.92 Å². The molecule has 6 heteroatoms. The Balaban J connectivity index is 1.57. The Morgan fingerprint density at radius 2 is 1.77 bits per heavy atom. The molecule has 1 aliphatic heterocycles. The van der Waals surface area contributed by atoms with Gasteiger partial charge in [0.15, 0.2) is 0 Å². The van der Waals surface area contributed by atoms with Crippen LogP contribution in [-0.4, -0.2) is 57.8 Å². The first-order valence-corrected chi connectivity index (χ1v) is 9.53. The Bertz CT molecular complexity index is 786. The van der Waals surface area contributed by atoms with Crippen LogP contribution in [0.15, 0.2) is 18.2 Å². The van der Waals surface area contributed by atoms with Gasteiger partial charge in [0.05, 0.1) is 17.5 Å². The highest BCUT2D eigenvalue weighted by molar-refractivity contribution is 5.82. The van der Waals surface area contributed by atoms with Crippen LogP contribution in [0.2, 0.25) is 0 Å². The second-order valence-corrected chi connectivity index (χ2v) is 7.07. The van der Waals surface area contributed by atoms with Crippen molar-refractivity contribution in [2.75, 3.05) is 26.2 Å². The van der Waals surface area contributed by atoms with Crippen molar-refractivity contribution in [1.29, 1.82) is 0 Å². The minimum atomic E-state index is 0.113. The van der Waals surface area contributed by atoms with Crippen molar-refractivity contribution < 1.29 is 9.59 Å². The number of piperazine rings is 1. The zero-order chi connectivity index (χ0) is 18.7. The van der Waals surface area contributed by atoms with E-state index in [1.165, 1.54) is 0 Å². The fourth-order valence-corrected chi connectivity index (χ4v) is 3.65. The number of fused-ring (bicyclic) bond motifs is 1. The van der Waals surface area contributed by atoms with Crippen molar-refractivity contribution in [2.45, 2.75) is 40.0 Å². The van der Waals surface area contributed by atoms with E-state index < -0.39 is 0 Å². The predicted molar refractivity (Wildman–Crippen MR) is 102 cm³/mol. The number of amides is 2. The number of nitrogens with one attached hydrogen (secondary N) is 1. The molecule has 1 aromatic heterocycles. The van der Waals surface area contributed by atoms with Gasteiger partial charge in [0, 0.05) is 32.1 Å². The zero-order valence-corrected chi connectivity index (χ0v) is 15.9. The standard InChI is InChI=1S/C20H28N4O2/c1-4-16(5-2)20(26)24-10-8-23(9-11-24)19(25)13-15-6-7-17-18(12-15)22-14(3)21-17/h6-7,12,16H,4-5,8-11,13H2,1-3H3,(H,21,22). The topological polar surface area (TPSA) is 69.3 Å². The molecule has 1 N–H and O–H groups in total. The largest absolute Gasteiger partial charge is 0.342 e. The van der Waals surface area contributed by atoms with E-state index in [0.717, 1.165) is 35.3 Å². The van der Waals surface area contributed by atoms with Gasteiger partial charge in [-0.25, -0.2) is 4.98 Å². The highest BCUT2D eigenvalue weighted by atomic mass is 16.2. The van der Waals surface area contributed by atoms with Gasteiger partial charge in [-0.15, -0.1) is 0 Å². The molecule has 0 radical (unpaired) electrons. The van der Waals surface area contributed by atoms with E-state index in [9.17, 15) is 9.59 Å². The summed E-state index contributed by atoms with van der Waals surface area (Å²) in [6, 6.07) is 5.92. The molecule has 2 amide bonds. The lowest BCUT2D eigenvalue weighted by Gasteiger charge is -2.36. The van der Waals surface area contributed by atoms with Crippen LogP contribution in [0.5, 0.6) is 0 Å². The number of carbonyl (C=O) groups excluding carboxylic acids is 2. The number of aryl methyl sites for hydroxylation is 1. The average molecular weight is 356 g/mol. The van der Waals surface area contributed by atoms with Gasteiger partial charge >= 0.3 is 0 Å². The molecule has 26 heavy (non-hydrogen) atoms. The Hall–Kier alpha value is -2.37. The van der Waals surface area contributed by atoms with Gasteiger partial charge in [0.1, 0.15) is 5.82 Å². The first-order valence-electron chi connectivity index (χ1n) is 9.53. The van der Waals surface area contributed by atoms with Crippen LogP contribution in [0.3, 0.4) is 0 Å².